The molecule has 5 heteroatoms. The van der Waals surface area contributed by atoms with Gasteiger partial charge in [-0.05, 0) is 37.2 Å². The summed E-state index contributed by atoms with van der Waals surface area (Å²) in [6.45, 7) is 0.411. The Labute approximate surface area is 92.8 Å². The number of aliphatic hydroxyl groups excluding tert-OH is 1. The summed E-state index contributed by atoms with van der Waals surface area (Å²) in [5, 5.41) is 21.4. The molecule has 1 aliphatic rings. The highest BCUT2D eigenvalue weighted by molar-refractivity contribution is 5.22. The quantitative estimate of drug-likeness (QED) is 0.821. The summed E-state index contributed by atoms with van der Waals surface area (Å²) in [5.41, 5.74) is 0. The lowest BCUT2D eigenvalue weighted by Gasteiger charge is -2.39. The number of rotatable bonds is 2. The molecule has 1 fully saturated rings. The number of nitrogens with zero attached hydrogens (tertiary/aromatic N) is 1. The molecular weight excluding hydrogens is 213 g/mol. The number of hydrogen-bond donors (Lipinski definition) is 1. The zero-order valence-electron chi connectivity index (χ0n) is 8.67. The fraction of sp³-hybridized carbons (Fsp3) is 0.455. The van der Waals surface area contributed by atoms with Crippen molar-refractivity contribution in [3.8, 4) is 5.75 Å². The fourth-order valence-corrected chi connectivity index (χ4v) is 1.71. The van der Waals surface area contributed by atoms with Crippen molar-refractivity contribution in [3.63, 3.8) is 0 Å². The van der Waals surface area contributed by atoms with E-state index in [1.807, 2.05) is 0 Å². The highest BCUT2D eigenvalue weighted by Crippen LogP contribution is 2.19. The summed E-state index contributed by atoms with van der Waals surface area (Å²) in [5.74, 6) is 0.173. The predicted octanol–water partition coefficient (Wildman–Crippen LogP) is 1.14. The second kappa shape index (κ2) is 4.78. The molecule has 0 spiro atoms. The van der Waals surface area contributed by atoms with E-state index in [0.717, 1.165) is 5.06 Å². The Bertz CT molecular complexity index is 344. The van der Waals surface area contributed by atoms with Crippen LogP contribution in [0.3, 0.4) is 0 Å². The molecule has 1 aromatic carbocycles. The second-order valence-corrected chi connectivity index (χ2v) is 3.85. The predicted molar refractivity (Wildman–Crippen MR) is 56.4 cm³/mol. The van der Waals surface area contributed by atoms with Crippen LogP contribution in [0.2, 0.25) is 0 Å². The van der Waals surface area contributed by atoms with Crippen LogP contribution in [-0.2, 0) is 0 Å². The number of aliphatic hydroxyl groups is 1. The number of hydrogen-bond acceptors (Lipinski definition) is 4. The van der Waals surface area contributed by atoms with Gasteiger partial charge in [-0.25, -0.2) is 4.39 Å². The largest absolute Gasteiger partial charge is 0.785 e. The number of benzene rings is 1. The topological polar surface area (TPSA) is 55.8 Å². The van der Waals surface area contributed by atoms with Crippen LogP contribution in [0.5, 0.6) is 5.75 Å². The van der Waals surface area contributed by atoms with Gasteiger partial charge in [0, 0.05) is 6.54 Å². The molecule has 1 aliphatic heterocycles. The summed E-state index contributed by atoms with van der Waals surface area (Å²) >= 11 is 0. The molecule has 1 heterocycles. The van der Waals surface area contributed by atoms with Gasteiger partial charge < -0.3 is 20.1 Å². The lowest BCUT2D eigenvalue weighted by atomic mass is 10.1. The lowest BCUT2D eigenvalue weighted by molar-refractivity contribution is -0.0128. The summed E-state index contributed by atoms with van der Waals surface area (Å²) in [6.07, 6.45) is -0.714. The van der Waals surface area contributed by atoms with Crippen molar-refractivity contribution in [2.75, 3.05) is 13.1 Å². The Hall–Kier alpha value is -1.17. The summed E-state index contributed by atoms with van der Waals surface area (Å²) < 4.78 is 18.1. The highest BCUT2D eigenvalue weighted by atomic mass is 19.1. The van der Waals surface area contributed by atoms with Crippen LogP contribution < -0.4 is 4.74 Å². The third-order valence-electron chi connectivity index (χ3n) is 2.58. The van der Waals surface area contributed by atoms with Gasteiger partial charge in [0.05, 0.1) is 0 Å². The third-order valence-corrected chi connectivity index (χ3v) is 2.58. The Balaban J connectivity index is 1.96. The maximum atomic E-state index is 12.6. The van der Waals surface area contributed by atoms with E-state index in [2.05, 4.69) is 0 Å². The van der Waals surface area contributed by atoms with Gasteiger partial charge in [-0.15, -0.1) is 0 Å². The van der Waals surface area contributed by atoms with Crippen molar-refractivity contribution >= 4 is 0 Å². The molecular formula is C11H13FNO3-. The molecule has 88 valence electrons. The van der Waals surface area contributed by atoms with Crippen LogP contribution in [0.15, 0.2) is 24.3 Å². The molecule has 2 unspecified atom stereocenters. The lowest BCUT2D eigenvalue weighted by Crippen LogP contribution is -2.46. The first-order valence-corrected chi connectivity index (χ1v) is 5.17. The maximum absolute atomic E-state index is 12.6. The smallest absolute Gasteiger partial charge is 0.127 e. The van der Waals surface area contributed by atoms with Crippen LogP contribution in [0.25, 0.3) is 0 Å². The number of hydroxylamine groups is 2. The van der Waals surface area contributed by atoms with Gasteiger partial charge in [0.2, 0.25) is 0 Å². The number of piperidine rings is 1. The van der Waals surface area contributed by atoms with Crippen molar-refractivity contribution in [1.82, 2.24) is 5.06 Å². The van der Waals surface area contributed by atoms with Crippen molar-refractivity contribution < 1.29 is 14.2 Å². The van der Waals surface area contributed by atoms with E-state index in [0.29, 0.717) is 18.7 Å². The van der Waals surface area contributed by atoms with Gasteiger partial charge in [0.1, 0.15) is 23.8 Å². The average Bonchev–Trinajstić information content (AvgIpc) is 2.25. The summed E-state index contributed by atoms with van der Waals surface area (Å²) in [7, 11) is 0. The molecule has 0 bridgehead atoms. The minimum absolute atomic E-state index is 0.0614. The average molecular weight is 226 g/mol. The van der Waals surface area contributed by atoms with Gasteiger partial charge in [-0.3, -0.25) is 0 Å². The van der Waals surface area contributed by atoms with E-state index in [-0.39, 0.29) is 12.4 Å². The molecule has 0 aromatic heterocycles. The molecule has 0 amide bonds. The number of halogens is 1. The molecule has 1 saturated heterocycles. The monoisotopic (exact) mass is 226 g/mol. The number of ether oxygens (including phenoxy) is 1. The zero-order valence-corrected chi connectivity index (χ0v) is 8.67. The normalized spacial score (nSPS) is 26.7. The molecule has 0 radical (unpaired) electrons. The van der Waals surface area contributed by atoms with Crippen LogP contribution >= 0.6 is 0 Å². The number of β-amino-alcohol motifs (C(OH)–C–C–N with tert-alkyl or cyclic N) is 1. The molecule has 2 rings (SSSR count). The van der Waals surface area contributed by atoms with Crippen LogP contribution in [0.4, 0.5) is 4.39 Å². The van der Waals surface area contributed by atoms with Gasteiger partial charge >= 0.3 is 0 Å². The first-order valence-electron chi connectivity index (χ1n) is 5.17. The second-order valence-electron chi connectivity index (χ2n) is 3.85. The maximum Gasteiger partial charge on any atom is 0.127 e. The molecule has 4 nitrogen and oxygen atoms in total. The van der Waals surface area contributed by atoms with E-state index in [4.69, 9.17) is 4.74 Å². The molecule has 16 heavy (non-hydrogen) atoms. The first kappa shape index (κ1) is 11.3. The van der Waals surface area contributed by atoms with E-state index >= 15 is 0 Å². The molecule has 2 atom stereocenters. The summed E-state index contributed by atoms with van der Waals surface area (Å²) in [6, 6.07) is 5.60. The highest BCUT2D eigenvalue weighted by Gasteiger charge is 2.25. The van der Waals surface area contributed by atoms with E-state index in [1.165, 1.54) is 24.3 Å². The Kier molecular flexibility index (Phi) is 3.38. The van der Waals surface area contributed by atoms with E-state index < -0.39 is 12.2 Å². The van der Waals surface area contributed by atoms with Crippen molar-refractivity contribution in [2.24, 2.45) is 0 Å². The van der Waals surface area contributed by atoms with Gasteiger partial charge in [-0.1, -0.05) is 0 Å². The van der Waals surface area contributed by atoms with Gasteiger partial charge in [0.25, 0.3) is 0 Å². The first-order chi connectivity index (χ1) is 7.65. The van der Waals surface area contributed by atoms with E-state index in [9.17, 15) is 14.7 Å². The van der Waals surface area contributed by atoms with Crippen molar-refractivity contribution in [3.05, 3.63) is 35.3 Å². The SMILES string of the molecule is [O-]N1CCC(Oc2ccc(F)cc2)C(O)C1. The van der Waals surface area contributed by atoms with Crippen molar-refractivity contribution in [2.45, 2.75) is 18.6 Å². The van der Waals surface area contributed by atoms with Gasteiger partial charge in [0.15, 0.2) is 0 Å². The van der Waals surface area contributed by atoms with Crippen LogP contribution in [-0.4, -0.2) is 35.5 Å². The molecule has 0 aliphatic carbocycles. The Morgan fingerprint density at radius 3 is 2.69 bits per heavy atom. The molecule has 0 saturated carbocycles. The van der Waals surface area contributed by atoms with E-state index in [1.54, 1.807) is 0 Å². The third kappa shape index (κ3) is 2.69. The Morgan fingerprint density at radius 1 is 1.38 bits per heavy atom. The van der Waals surface area contributed by atoms with Crippen LogP contribution in [0, 0.1) is 11.0 Å². The molecule has 1 aromatic rings. The minimum Gasteiger partial charge on any atom is -0.785 e. The fourth-order valence-electron chi connectivity index (χ4n) is 1.71. The van der Waals surface area contributed by atoms with Crippen molar-refractivity contribution in [1.29, 1.82) is 0 Å². The van der Waals surface area contributed by atoms with Gasteiger partial charge in [-0.2, -0.15) is 0 Å². The van der Waals surface area contributed by atoms with Crippen LogP contribution in [0.1, 0.15) is 6.42 Å². The zero-order chi connectivity index (χ0) is 11.5. The molecule has 1 N–H and O–H groups in total. The minimum atomic E-state index is -0.795. The Morgan fingerprint density at radius 2 is 2.06 bits per heavy atom. The summed E-state index contributed by atoms with van der Waals surface area (Å²) in [4.78, 5) is 0. The standard InChI is InChI=1S/C11H13FNO3/c12-8-1-3-9(4-2-8)16-11-5-6-13(15)7-10(11)14/h1-4,10-11,14H,5-7H2/q-1.